The molecule has 0 unspecified atom stereocenters. The van der Waals surface area contributed by atoms with Gasteiger partial charge in [-0.1, -0.05) is 49.9 Å². The van der Waals surface area contributed by atoms with Gasteiger partial charge in [0.2, 0.25) is 10.3 Å². The van der Waals surface area contributed by atoms with Gasteiger partial charge in [0, 0.05) is 11.5 Å². The lowest BCUT2D eigenvalue weighted by molar-refractivity contribution is -0.112. The van der Waals surface area contributed by atoms with Crippen molar-refractivity contribution in [1.29, 1.82) is 5.26 Å². The Hall–Kier alpha value is -2.17. The van der Waals surface area contributed by atoms with Gasteiger partial charge < -0.3 is 0 Å². The molecule has 0 saturated heterocycles. The normalized spacial score (nSPS) is 11.1. The van der Waals surface area contributed by atoms with Crippen molar-refractivity contribution in [3.05, 3.63) is 41.0 Å². The minimum atomic E-state index is -0.476. The molecule has 2 rings (SSSR count). The molecule has 0 bridgehead atoms. The summed E-state index contributed by atoms with van der Waals surface area (Å²) in [5.41, 5.74) is 2.06. The van der Waals surface area contributed by atoms with E-state index in [2.05, 4.69) is 21.6 Å². The van der Waals surface area contributed by atoms with E-state index in [1.165, 1.54) is 17.3 Å². The van der Waals surface area contributed by atoms with Crippen LogP contribution in [0.1, 0.15) is 25.0 Å². The number of thioether (sulfide) groups is 1. The van der Waals surface area contributed by atoms with Crippen molar-refractivity contribution < 1.29 is 4.79 Å². The highest BCUT2D eigenvalue weighted by Crippen LogP contribution is 2.20. The SMILES string of the molecule is CCSc1nsc(NC(=O)C(C#N)=Cc2ccc(CC)cc2)n1. The highest BCUT2D eigenvalue weighted by Gasteiger charge is 2.12. The second kappa shape index (κ2) is 8.46. The van der Waals surface area contributed by atoms with Crippen molar-refractivity contribution in [3.8, 4) is 6.07 Å². The van der Waals surface area contributed by atoms with Crippen LogP contribution in [0.15, 0.2) is 35.0 Å². The number of nitrogens with one attached hydrogen (secondary N) is 1. The number of aryl methyl sites for hydroxylation is 1. The number of benzene rings is 1. The predicted molar refractivity (Wildman–Crippen MR) is 94.3 cm³/mol. The minimum absolute atomic E-state index is 0.0362. The van der Waals surface area contributed by atoms with Gasteiger partial charge in [-0.3, -0.25) is 10.1 Å². The van der Waals surface area contributed by atoms with E-state index in [1.807, 2.05) is 37.3 Å². The number of rotatable bonds is 6. The fourth-order valence-corrected chi connectivity index (χ4v) is 3.04. The number of amides is 1. The van der Waals surface area contributed by atoms with Crippen LogP contribution < -0.4 is 5.32 Å². The van der Waals surface area contributed by atoms with E-state index in [0.717, 1.165) is 29.3 Å². The maximum atomic E-state index is 12.2. The first kappa shape index (κ1) is 17.2. The lowest BCUT2D eigenvalue weighted by Gasteiger charge is -2.01. The summed E-state index contributed by atoms with van der Waals surface area (Å²) in [6.45, 7) is 4.08. The third-order valence-corrected chi connectivity index (χ3v) is 4.44. The predicted octanol–water partition coefficient (Wildman–Crippen LogP) is 3.76. The van der Waals surface area contributed by atoms with Gasteiger partial charge in [0.15, 0.2) is 0 Å². The summed E-state index contributed by atoms with van der Waals surface area (Å²) < 4.78 is 4.12. The van der Waals surface area contributed by atoms with Crippen LogP contribution in [0.3, 0.4) is 0 Å². The summed E-state index contributed by atoms with van der Waals surface area (Å²) in [7, 11) is 0. The molecule has 1 heterocycles. The molecule has 118 valence electrons. The first-order valence-electron chi connectivity index (χ1n) is 7.14. The van der Waals surface area contributed by atoms with Crippen molar-refractivity contribution >= 4 is 40.4 Å². The molecule has 5 nitrogen and oxygen atoms in total. The van der Waals surface area contributed by atoms with Gasteiger partial charge in [-0.25, -0.2) is 0 Å². The first-order chi connectivity index (χ1) is 11.2. The molecule has 7 heteroatoms. The van der Waals surface area contributed by atoms with E-state index in [9.17, 15) is 10.1 Å². The Morgan fingerprint density at radius 3 is 2.74 bits per heavy atom. The molecule has 0 aliphatic carbocycles. The monoisotopic (exact) mass is 344 g/mol. The fourth-order valence-electron chi connectivity index (χ4n) is 1.78. The Kier molecular flexibility index (Phi) is 6.32. The third kappa shape index (κ3) is 4.91. The van der Waals surface area contributed by atoms with Gasteiger partial charge in [-0.2, -0.15) is 14.6 Å². The van der Waals surface area contributed by atoms with Crippen LogP contribution >= 0.6 is 23.3 Å². The highest BCUT2D eigenvalue weighted by atomic mass is 32.2. The summed E-state index contributed by atoms with van der Waals surface area (Å²) in [5, 5.41) is 12.9. The standard InChI is InChI=1S/C16H16N4OS2/c1-3-11-5-7-12(8-6-11)9-13(10-17)14(21)18-15-19-16(20-23-15)22-4-2/h5-9H,3-4H2,1-2H3,(H,18,19,20,21). The smallest absolute Gasteiger partial charge is 0.268 e. The molecule has 1 aromatic heterocycles. The zero-order chi connectivity index (χ0) is 16.7. The summed E-state index contributed by atoms with van der Waals surface area (Å²) in [6, 6.07) is 9.69. The van der Waals surface area contributed by atoms with Gasteiger partial charge in [-0.05, 0) is 29.4 Å². The largest absolute Gasteiger partial charge is 0.296 e. The molecule has 0 fully saturated rings. The molecule has 1 amide bonds. The van der Waals surface area contributed by atoms with Gasteiger partial charge in [0.25, 0.3) is 5.91 Å². The molecule has 1 N–H and O–H groups in total. The second-order valence-electron chi connectivity index (χ2n) is 4.53. The number of anilines is 1. The molecular weight excluding hydrogens is 328 g/mol. The Morgan fingerprint density at radius 1 is 1.39 bits per heavy atom. The molecule has 0 atom stereocenters. The van der Waals surface area contributed by atoms with Crippen LogP contribution in [0, 0.1) is 11.3 Å². The topological polar surface area (TPSA) is 78.7 Å². The second-order valence-corrected chi connectivity index (χ2v) is 6.52. The van der Waals surface area contributed by atoms with Gasteiger partial charge in [0.1, 0.15) is 11.6 Å². The molecule has 2 aromatic rings. The Bertz CT molecular complexity index is 744. The number of carbonyl (C=O) groups is 1. The quantitative estimate of drug-likeness (QED) is 0.490. The molecule has 0 saturated carbocycles. The van der Waals surface area contributed by atoms with Crippen LogP contribution in [-0.2, 0) is 11.2 Å². The maximum Gasteiger partial charge on any atom is 0.268 e. The summed E-state index contributed by atoms with van der Waals surface area (Å²) in [6.07, 6.45) is 2.52. The summed E-state index contributed by atoms with van der Waals surface area (Å²) in [4.78, 5) is 16.4. The van der Waals surface area contributed by atoms with E-state index in [1.54, 1.807) is 6.08 Å². The van der Waals surface area contributed by atoms with Gasteiger partial charge >= 0.3 is 0 Å². The maximum absolute atomic E-state index is 12.2. The molecule has 1 aromatic carbocycles. The molecule has 0 aliphatic heterocycles. The van der Waals surface area contributed by atoms with Crippen molar-refractivity contribution in [2.75, 3.05) is 11.1 Å². The van der Waals surface area contributed by atoms with Crippen LogP contribution in [-0.4, -0.2) is 21.0 Å². The fraction of sp³-hybridized carbons (Fsp3) is 0.250. The summed E-state index contributed by atoms with van der Waals surface area (Å²) in [5.74, 6) is 0.387. The van der Waals surface area contributed by atoms with E-state index in [4.69, 9.17) is 0 Å². The van der Waals surface area contributed by atoms with Crippen LogP contribution in [0.4, 0.5) is 5.13 Å². The van der Waals surface area contributed by atoms with Crippen LogP contribution in [0.2, 0.25) is 0 Å². The average molecular weight is 344 g/mol. The van der Waals surface area contributed by atoms with E-state index in [0.29, 0.717) is 10.3 Å². The molecule has 0 spiro atoms. The summed E-state index contributed by atoms with van der Waals surface area (Å²) >= 11 is 2.61. The van der Waals surface area contributed by atoms with Crippen molar-refractivity contribution in [2.45, 2.75) is 25.4 Å². The lowest BCUT2D eigenvalue weighted by atomic mass is 10.1. The molecule has 0 radical (unpaired) electrons. The Labute approximate surface area is 143 Å². The van der Waals surface area contributed by atoms with Crippen LogP contribution in [0.25, 0.3) is 6.08 Å². The third-order valence-electron chi connectivity index (χ3n) is 2.97. The number of hydrogen-bond acceptors (Lipinski definition) is 6. The first-order valence-corrected chi connectivity index (χ1v) is 8.90. The average Bonchev–Trinajstić information content (AvgIpc) is 3.00. The van der Waals surface area contributed by atoms with Crippen molar-refractivity contribution in [1.82, 2.24) is 9.36 Å². The van der Waals surface area contributed by atoms with Crippen molar-refractivity contribution in [3.63, 3.8) is 0 Å². The number of nitriles is 1. The molecular formula is C16H16N4OS2. The highest BCUT2D eigenvalue weighted by molar-refractivity contribution is 7.99. The number of aromatic nitrogens is 2. The number of carbonyl (C=O) groups excluding carboxylic acids is 1. The Morgan fingerprint density at radius 2 is 2.13 bits per heavy atom. The van der Waals surface area contributed by atoms with E-state index in [-0.39, 0.29) is 5.57 Å². The molecule has 23 heavy (non-hydrogen) atoms. The zero-order valence-corrected chi connectivity index (χ0v) is 14.5. The lowest BCUT2D eigenvalue weighted by Crippen LogP contribution is -2.13. The van der Waals surface area contributed by atoms with E-state index >= 15 is 0 Å². The Balaban J connectivity index is 2.10. The number of hydrogen-bond donors (Lipinski definition) is 1. The number of nitrogens with zero attached hydrogens (tertiary/aromatic N) is 3. The molecule has 0 aliphatic rings. The minimum Gasteiger partial charge on any atom is -0.296 e. The van der Waals surface area contributed by atoms with Crippen LogP contribution in [0.5, 0.6) is 0 Å². The van der Waals surface area contributed by atoms with Gasteiger partial charge in [0.05, 0.1) is 0 Å². The zero-order valence-electron chi connectivity index (χ0n) is 12.9. The van der Waals surface area contributed by atoms with E-state index < -0.39 is 5.91 Å². The van der Waals surface area contributed by atoms with Crippen molar-refractivity contribution in [2.24, 2.45) is 0 Å². The van der Waals surface area contributed by atoms with Gasteiger partial charge in [-0.15, -0.1) is 0 Å².